The third-order valence-electron chi connectivity index (χ3n) is 5.45. The molecule has 37 heavy (non-hydrogen) atoms. The summed E-state index contributed by atoms with van der Waals surface area (Å²) in [6.45, 7) is 5.68. The number of halogens is 2. The molecule has 192 valence electrons. The van der Waals surface area contributed by atoms with Gasteiger partial charge >= 0.3 is 0 Å². The van der Waals surface area contributed by atoms with Crippen molar-refractivity contribution in [2.45, 2.75) is 33.9 Å². The fourth-order valence-electron chi connectivity index (χ4n) is 3.53. The van der Waals surface area contributed by atoms with Crippen molar-refractivity contribution in [2.24, 2.45) is 5.41 Å². The van der Waals surface area contributed by atoms with E-state index in [9.17, 15) is 14.4 Å². The predicted molar refractivity (Wildman–Crippen MR) is 145 cm³/mol. The zero-order valence-corrected chi connectivity index (χ0v) is 22.9. The number of anilines is 1. The Bertz CT molecular complexity index is 1520. The second-order valence-corrected chi connectivity index (χ2v) is 11.6. The van der Waals surface area contributed by atoms with Crippen LogP contribution in [0.4, 0.5) is 5.82 Å². The quantitative estimate of drug-likeness (QED) is 0.291. The van der Waals surface area contributed by atoms with Crippen LogP contribution < -0.4 is 10.5 Å². The van der Waals surface area contributed by atoms with Gasteiger partial charge < -0.3 is 9.47 Å². The molecule has 0 amide bonds. The van der Waals surface area contributed by atoms with Crippen LogP contribution in [-0.2, 0) is 13.1 Å². The lowest BCUT2D eigenvalue weighted by molar-refractivity contribution is 0.0751. The molecule has 0 spiro atoms. The Labute approximate surface area is 227 Å². The molecule has 4 heterocycles. The number of carbonyl (C=O) groups is 2. The minimum absolute atomic E-state index is 0.142. The molecule has 0 unspecified atom stereocenters. The highest BCUT2D eigenvalue weighted by Crippen LogP contribution is 2.32. The third kappa shape index (κ3) is 5.98. The van der Waals surface area contributed by atoms with E-state index in [-0.39, 0.29) is 29.0 Å². The van der Waals surface area contributed by atoms with Crippen molar-refractivity contribution in [3.8, 4) is 11.3 Å². The molecule has 0 aliphatic rings. The summed E-state index contributed by atoms with van der Waals surface area (Å²) in [7, 11) is 1.85. The topological polar surface area (TPSA) is 103 Å². The highest BCUT2D eigenvalue weighted by Gasteiger charge is 2.29. The molecule has 0 saturated carbocycles. The average Bonchev–Trinajstić information content (AvgIpc) is 3.46. The molecule has 12 heteroatoms. The molecular formula is C25H24Cl2N6O3S. The van der Waals surface area contributed by atoms with Crippen LogP contribution in [0.1, 0.15) is 40.9 Å². The lowest BCUT2D eigenvalue weighted by atomic mass is 9.96. The molecule has 0 bridgehead atoms. The van der Waals surface area contributed by atoms with Crippen LogP contribution in [0.3, 0.4) is 0 Å². The summed E-state index contributed by atoms with van der Waals surface area (Å²) in [5.41, 5.74) is -0.236. The predicted octanol–water partition coefficient (Wildman–Crippen LogP) is 5.08. The number of aromatic nitrogens is 5. The second kappa shape index (κ2) is 10.6. The summed E-state index contributed by atoms with van der Waals surface area (Å²) in [4.78, 5) is 49.4. The van der Waals surface area contributed by atoms with E-state index in [0.29, 0.717) is 28.0 Å². The van der Waals surface area contributed by atoms with Crippen LogP contribution in [0.2, 0.25) is 9.36 Å². The summed E-state index contributed by atoms with van der Waals surface area (Å²) in [5, 5.41) is 4.73. The van der Waals surface area contributed by atoms with Gasteiger partial charge in [-0.05, 0) is 12.1 Å². The molecule has 9 nitrogen and oxygen atoms in total. The molecule has 4 rings (SSSR count). The fourth-order valence-corrected chi connectivity index (χ4v) is 4.91. The van der Waals surface area contributed by atoms with E-state index in [1.807, 2.05) is 44.9 Å². The third-order valence-corrected chi connectivity index (χ3v) is 6.98. The van der Waals surface area contributed by atoms with Crippen LogP contribution in [0, 0.1) is 5.41 Å². The standard InChI is InChI=1S/C25H24Cl2N6O3S/c1-25(2,3)24(36)33-22(31(4)12-15-5-6-21(27)37-15)10-18(30-33)16-13-32(23(35)9-17(16)26)14-20(34)19-11-28-7-8-29-19/h5-11,13H,12,14H2,1-4H3. The number of Topliss-reactive ketones (excluding diaryl/α,β-unsaturated/α-hetero) is 1. The molecular weight excluding hydrogens is 535 g/mol. The lowest BCUT2D eigenvalue weighted by Gasteiger charge is -2.22. The van der Waals surface area contributed by atoms with E-state index in [0.717, 1.165) is 4.88 Å². The largest absolute Gasteiger partial charge is 0.354 e. The van der Waals surface area contributed by atoms with Crippen molar-refractivity contribution in [3.05, 3.63) is 79.3 Å². The van der Waals surface area contributed by atoms with Gasteiger partial charge in [-0.3, -0.25) is 19.4 Å². The van der Waals surface area contributed by atoms with Gasteiger partial charge in [0.05, 0.1) is 34.3 Å². The molecule has 0 atom stereocenters. The van der Waals surface area contributed by atoms with Gasteiger partial charge in [0, 0.05) is 53.6 Å². The zero-order valence-electron chi connectivity index (χ0n) is 20.6. The summed E-state index contributed by atoms with van der Waals surface area (Å²) >= 11 is 14.0. The van der Waals surface area contributed by atoms with Gasteiger partial charge in [-0.2, -0.15) is 9.78 Å². The number of pyridine rings is 1. The molecule has 4 aromatic heterocycles. The van der Waals surface area contributed by atoms with Crippen molar-refractivity contribution in [2.75, 3.05) is 11.9 Å². The van der Waals surface area contributed by atoms with Gasteiger partial charge in [-0.15, -0.1) is 11.3 Å². The summed E-state index contributed by atoms with van der Waals surface area (Å²) < 4.78 is 3.26. The van der Waals surface area contributed by atoms with Crippen LogP contribution in [-0.4, -0.2) is 43.1 Å². The molecule has 0 N–H and O–H groups in total. The van der Waals surface area contributed by atoms with Gasteiger partial charge in [0.15, 0.2) is 0 Å². The molecule has 0 aromatic carbocycles. The normalized spacial score (nSPS) is 11.5. The number of hydrogen-bond acceptors (Lipinski definition) is 8. The van der Waals surface area contributed by atoms with Crippen molar-refractivity contribution in [3.63, 3.8) is 0 Å². The molecule has 0 radical (unpaired) electrons. The first kappa shape index (κ1) is 26.7. The molecule has 0 fully saturated rings. The number of nitrogens with zero attached hydrogens (tertiary/aromatic N) is 6. The second-order valence-electron chi connectivity index (χ2n) is 9.43. The van der Waals surface area contributed by atoms with Gasteiger partial charge in [-0.1, -0.05) is 44.0 Å². The van der Waals surface area contributed by atoms with Crippen LogP contribution in [0.15, 0.2) is 53.8 Å². The summed E-state index contributed by atoms with van der Waals surface area (Å²) in [6, 6.07) is 6.71. The van der Waals surface area contributed by atoms with E-state index in [1.54, 1.807) is 6.07 Å². The number of carbonyl (C=O) groups excluding carboxylic acids is 2. The van der Waals surface area contributed by atoms with Crippen LogP contribution >= 0.6 is 34.5 Å². The first-order valence-electron chi connectivity index (χ1n) is 11.2. The number of rotatable bonds is 7. The first-order chi connectivity index (χ1) is 17.4. The fraction of sp³-hybridized carbons (Fsp3) is 0.280. The van der Waals surface area contributed by atoms with E-state index < -0.39 is 11.0 Å². The smallest absolute Gasteiger partial charge is 0.254 e. The van der Waals surface area contributed by atoms with Crippen LogP contribution in [0.25, 0.3) is 11.3 Å². The van der Waals surface area contributed by atoms with Crippen molar-refractivity contribution < 1.29 is 9.59 Å². The molecule has 4 aromatic rings. The maximum absolute atomic E-state index is 13.3. The van der Waals surface area contributed by atoms with E-state index in [1.165, 1.54) is 51.4 Å². The minimum atomic E-state index is -0.711. The zero-order chi connectivity index (χ0) is 26.9. The van der Waals surface area contributed by atoms with Crippen molar-refractivity contribution >= 4 is 52.0 Å². The molecule has 0 aliphatic heterocycles. The SMILES string of the molecule is CN(Cc1ccc(Cl)s1)c1cc(-c2cn(CC(=O)c3cnccn3)c(=O)cc2Cl)nn1C(=O)C(C)(C)C. The Balaban J connectivity index is 1.75. The van der Waals surface area contributed by atoms with Gasteiger partial charge in [0.25, 0.3) is 11.5 Å². The molecule has 0 aliphatic carbocycles. The Morgan fingerprint density at radius 2 is 1.89 bits per heavy atom. The van der Waals surface area contributed by atoms with E-state index >= 15 is 0 Å². The Morgan fingerprint density at radius 1 is 1.14 bits per heavy atom. The Hall–Kier alpha value is -3.34. The van der Waals surface area contributed by atoms with Gasteiger partial charge in [-0.25, -0.2) is 4.98 Å². The van der Waals surface area contributed by atoms with E-state index in [4.69, 9.17) is 23.2 Å². The van der Waals surface area contributed by atoms with Gasteiger partial charge in [0.1, 0.15) is 11.5 Å². The first-order valence-corrected chi connectivity index (χ1v) is 12.8. The number of ketones is 1. The maximum Gasteiger partial charge on any atom is 0.254 e. The van der Waals surface area contributed by atoms with Crippen molar-refractivity contribution in [1.29, 1.82) is 0 Å². The monoisotopic (exact) mass is 558 g/mol. The van der Waals surface area contributed by atoms with Crippen LogP contribution in [0.5, 0.6) is 0 Å². The average molecular weight is 559 g/mol. The highest BCUT2D eigenvalue weighted by atomic mass is 35.5. The highest BCUT2D eigenvalue weighted by molar-refractivity contribution is 7.16. The van der Waals surface area contributed by atoms with Gasteiger partial charge in [0.2, 0.25) is 5.78 Å². The molecule has 0 saturated heterocycles. The van der Waals surface area contributed by atoms with E-state index in [2.05, 4.69) is 15.1 Å². The summed E-state index contributed by atoms with van der Waals surface area (Å²) in [5.74, 6) is -0.0528. The number of hydrogen-bond donors (Lipinski definition) is 0. The Kier molecular flexibility index (Phi) is 7.63. The summed E-state index contributed by atoms with van der Waals surface area (Å²) in [6.07, 6.45) is 5.67. The Morgan fingerprint density at radius 3 is 2.51 bits per heavy atom. The van der Waals surface area contributed by atoms with Crippen molar-refractivity contribution in [1.82, 2.24) is 24.3 Å². The maximum atomic E-state index is 13.3. The minimum Gasteiger partial charge on any atom is -0.354 e. The number of thiophene rings is 1. The lowest BCUT2D eigenvalue weighted by Crippen LogP contribution is -2.31.